The summed E-state index contributed by atoms with van der Waals surface area (Å²) in [6, 6.07) is 1.89. The van der Waals surface area contributed by atoms with Crippen molar-refractivity contribution >= 4 is 11.8 Å². The molecule has 6 heteroatoms. The van der Waals surface area contributed by atoms with Gasteiger partial charge < -0.3 is 19.0 Å². The van der Waals surface area contributed by atoms with E-state index in [1.165, 1.54) is 0 Å². The molecule has 2 atom stereocenters. The Morgan fingerprint density at radius 3 is 2.82 bits per heavy atom. The number of hydrogen-bond acceptors (Lipinski definition) is 4. The number of furan rings is 1. The van der Waals surface area contributed by atoms with Crippen LogP contribution in [-0.4, -0.2) is 60.5 Å². The number of nitrogens with zero attached hydrogens (tertiary/aromatic N) is 2. The molecular weight excluding hydrogens is 284 g/mol. The molecule has 2 aliphatic rings. The number of ether oxygens (including phenoxy) is 1. The van der Waals surface area contributed by atoms with Crippen molar-refractivity contribution < 1.29 is 18.7 Å². The fourth-order valence-corrected chi connectivity index (χ4v) is 3.66. The molecule has 0 bridgehead atoms. The van der Waals surface area contributed by atoms with E-state index >= 15 is 0 Å². The van der Waals surface area contributed by atoms with Gasteiger partial charge in [-0.05, 0) is 26.3 Å². The highest BCUT2D eigenvalue weighted by Crippen LogP contribution is 2.33. The Morgan fingerprint density at radius 2 is 2.18 bits per heavy atom. The van der Waals surface area contributed by atoms with Gasteiger partial charge in [-0.2, -0.15) is 0 Å². The third-order valence-electron chi connectivity index (χ3n) is 4.68. The molecule has 0 spiro atoms. The molecule has 0 unspecified atom stereocenters. The molecule has 3 rings (SSSR count). The van der Waals surface area contributed by atoms with Gasteiger partial charge in [0.1, 0.15) is 11.5 Å². The number of likely N-dealkylation sites (tertiary alicyclic amines) is 2. The van der Waals surface area contributed by atoms with Gasteiger partial charge >= 0.3 is 0 Å². The highest BCUT2D eigenvalue weighted by atomic mass is 16.5. The van der Waals surface area contributed by atoms with Crippen LogP contribution in [0.25, 0.3) is 0 Å². The minimum absolute atomic E-state index is 0.0218. The van der Waals surface area contributed by atoms with Gasteiger partial charge in [0.2, 0.25) is 5.91 Å². The third kappa shape index (κ3) is 2.41. The van der Waals surface area contributed by atoms with Crippen LogP contribution < -0.4 is 0 Å². The molecule has 0 aromatic carbocycles. The Hall–Kier alpha value is -1.82. The van der Waals surface area contributed by atoms with Crippen LogP contribution in [0.5, 0.6) is 0 Å². The van der Waals surface area contributed by atoms with E-state index < -0.39 is 0 Å². The van der Waals surface area contributed by atoms with Crippen LogP contribution >= 0.6 is 0 Å². The van der Waals surface area contributed by atoms with Crippen LogP contribution in [0.3, 0.4) is 0 Å². The maximum atomic E-state index is 12.8. The zero-order chi connectivity index (χ0) is 15.9. The Kier molecular flexibility index (Phi) is 3.95. The van der Waals surface area contributed by atoms with Gasteiger partial charge in [0.25, 0.3) is 5.91 Å². The molecule has 3 heterocycles. The summed E-state index contributed by atoms with van der Waals surface area (Å²) in [5.41, 5.74) is 0.612. The molecule has 2 amide bonds. The molecule has 0 aliphatic carbocycles. The Bertz CT molecular complexity index is 595. The highest BCUT2D eigenvalue weighted by Gasteiger charge is 2.48. The lowest BCUT2D eigenvalue weighted by molar-refractivity contribution is -0.129. The highest BCUT2D eigenvalue weighted by molar-refractivity contribution is 5.96. The van der Waals surface area contributed by atoms with Gasteiger partial charge in [-0.3, -0.25) is 9.59 Å². The predicted octanol–water partition coefficient (Wildman–Crippen LogP) is 1.36. The van der Waals surface area contributed by atoms with Crippen molar-refractivity contribution in [2.75, 3.05) is 26.8 Å². The lowest BCUT2D eigenvalue weighted by Gasteiger charge is -2.25. The first-order valence-electron chi connectivity index (χ1n) is 7.69. The van der Waals surface area contributed by atoms with Crippen molar-refractivity contribution in [2.24, 2.45) is 0 Å². The molecule has 0 radical (unpaired) electrons. The van der Waals surface area contributed by atoms with Crippen LogP contribution in [0.1, 0.15) is 34.7 Å². The molecule has 2 saturated heterocycles. The van der Waals surface area contributed by atoms with E-state index in [9.17, 15) is 9.59 Å². The van der Waals surface area contributed by atoms with Gasteiger partial charge in [-0.15, -0.1) is 0 Å². The van der Waals surface area contributed by atoms with Crippen LogP contribution in [-0.2, 0) is 9.53 Å². The van der Waals surface area contributed by atoms with Crippen molar-refractivity contribution in [3.05, 3.63) is 23.2 Å². The standard InChI is InChI=1S/C16H22N2O4/c1-10-8-12(11(2)22-10)16(20)18-5-4-13-14(18)9-15(19)17(13)6-7-21-3/h8,13-14H,4-7,9H2,1-3H3/t13-,14-/m0/s1. The Balaban J connectivity index is 1.77. The monoisotopic (exact) mass is 306 g/mol. The van der Waals surface area contributed by atoms with Crippen molar-refractivity contribution in [1.82, 2.24) is 9.80 Å². The molecule has 2 aliphatic heterocycles. The molecule has 120 valence electrons. The first-order chi connectivity index (χ1) is 10.5. The fourth-order valence-electron chi connectivity index (χ4n) is 3.66. The van der Waals surface area contributed by atoms with Crippen molar-refractivity contribution in [3.8, 4) is 0 Å². The van der Waals surface area contributed by atoms with Crippen LogP contribution in [0, 0.1) is 13.8 Å². The summed E-state index contributed by atoms with van der Waals surface area (Å²) in [6.45, 7) is 5.46. The third-order valence-corrected chi connectivity index (χ3v) is 4.68. The molecule has 0 saturated carbocycles. The lowest BCUT2D eigenvalue weighted by atomic mass is 10.1. The van der Waals surface area contributed by atoms with E-state index in [-0.39, 0.29) is 23.9 Å². The zero-order valence-electron chi connectivity index (χ0n) is 13.3. The van der Waals surface area contributed by atoms with Gasteiger partial charge in [-0.1, -0.05) is 0 Å². The molecular formula is C16H22N2O4. The maximum Gasteiger partial charge on any atom is 0.257 e. The average Bonchev–Trinajstić information content (AvgIpc) is 3.10. The largest absolute Gasteiger partial charge is 0.466 e. The molecule has 22 heavy (non-hydrogen) atoms. The van der Waals surface area contributed by atoms with E-state index in [1.807, 2.05) is 16.7 Å². The summed E-state index contributed by atoms with van der Waals surface area (Å²) in [5.74, 6) is 1.47. The maximum absolute atomic E-state index is 12.8. The molecule has 0 N–H and O–H groups in total. The number of aryl methyl sites for hydroxylation is 2. The van der Waals surface area contributed by atoms with E-state index in [2.05, 4.69) is 0 Å². The van der Waals surface area contributed by atoms with Crippen molar-refractivity contribution in [1.29, 1.82) is 0 Å². The Morgan fingerprint density at radius 1 is 1.41 bits per heavy atom. The molecule has 6 nitrogen and oxygen atoms in total. The number of hydrogen-bond donors (Lipinski definition) is 0. The van der Waals surface area contributed by atoms with Crippen LogP contribution in [0.4, 0.5) is 0 Å². The first kappa shape index (κ1) is 15.1. The van der Waals surface area contributed by atoms with E-state index in [4.69, 9.17) is 9.15 Å². The number of fused-ring (bicyclic) bond motifs is 1. The first-order valence-corrected chi connectivity index (χ1v) is 7.69. The summed E-state index contributed by atoms with van der Waals surface area (Å²) in [5, 5.41) is 0. The number of carbonyl (C=O) groups excluding carboxylic acids is 2. The van der Waals surface area contributed by atoms with Crippen molar-refractivity contribution in [3.63, 3.8) is 0 Å². The minimum atomic E-state index is -0.0248. The van der Waals surface area contributed by atoms with Gasteiger partial charge in [-0.25, -0.2) is 0 Å². The van der Waals surface area contributed by atoms with E-state index in [0.29, 0.717) is 37.4 Å². The second-order valence-corrected chi connectivity index (χ2v) is 6.03. The summed E-state index contributed by atoms with van der Waals surface area (Å²) >= 11 is 0. The lowest BCUT2D eigenvalue weighted by Crippen LogP contribution is -2.40. The zero-order valence-corrected chi connectivity index (χ0v) is 13.3. The summed E-state index contributed by atoms with van der Waals surface area (Å²) in [7, 11) is 1.63. The van der Waals surface area contributed by atoms with Crippen molar-refractivity contribution in [2.45, 2.75) is 38.8 Å². The summed E-state index contributed by atoms with van der Waals surface area (Å²) in [4.78, 5) is 28.7. The second-order valence-electron chi connectivity index (χ2n) is 6.03. The van der Waals surface area contributed by atoms with Gasteiger partial charge in [0.05, 0.1) is 24.3 Å². The smallest absolute Gasteiger partial charge is 0.257 e. The number of carbonyl (C=O) groups is 2. The fraction of sp³-hybridized carbons (Fsp3) is 0.625. The normalized spacial score (nSPS) is 24.2. The topological polar surface area (TPSA) is 63.0 Å². The number of rotatable bonds is 4. The quantitative estimate of drug-likeness (QED) is 0.842. The molecule has 1 aromatic rings. The predicted molar refractivity (Wildman–Crippen MR) is 79.6 cm³/mol. The van der Waals surface area contributed by atoms with Crippen LogP contribution in [0.15, 0.2) is 10.5 Å². The number of methoxy groups -OCH3 is 1. The molecule has 2 fully saturated rings. The van der Waals surface area contributed by atoms with E-state index in [1.54, 1.807) is 20.1 Å². The van der Waals surface area contributed by atoms with Crippen LogP contribution in [0.2, 0.25) is 0 Å². The number of amides is 2. The Labute approximate surface area is 130 Å². The summed E-state index contributed by atoms with van der Waals surface area (Å²) < 4.78 is 10.5. The van der Waals surface area contributed by atoms with Gasteiger partial charge in [0.15, 0.2) is 0 Å². The summed E-state index contributed by atoms with van der Waals surface area (Å²) in [6.07, 6.45) is 1.25. The minimum Gasteiger partial charge on any atom is -0.466 e. The average molecular weight is 306 g/mol. The SMILES string of the molecule is COCCN1C(=O)C[C@H]2[C@@H]1CCN2C(=O)c1cc(C)oc1C. The van der Waals surface area contributed by atoms with E-state index in [0.717, 1.165) is 12.2 Å². The molecule has 1 aromatic heterocycles. The second kappa shape index (κ2) is 5.76. The van der Waals surface area contributed by atoms with Gasteiger partial charge in [0, 0.05) is 26.6 Å².